The highest BCUT2D eigenvalue weighted by Crippen LogP contribution is 2.24. The first kappa shape index (κ1) is 11.5. The molecule has 0 amide bonds. The highest BCUT2D eigenvalue weighted by Gasteiger charge is 1.99. The summed E-state index contributed by atoms with van der Waals surface area (Å²) in [5, 5.41) is 0. The van der Waals surface area contributed by atoms with Crippen LogP contribution in [0.2, 0.25) is 0 Å². The molecular formula is C14H14NO2. The molecule has 2 aromatic rings. The maximum absolute atomic E-state index is 7.30. The van der Waals surface area contributed by atoms with Gasteiger partial charge in [0.1, 0.15) is 17.2 Å². The zero-order valence-electron chi connectivity index (χ0n) is 9.64. The first-order chi connectivity index (χ1) is 8.31. The zero-order chi connectivity index (χ0) is 12.1. The van der Waals surface area contributed by atoms with Crippen LogP contribution in [0.1, 0.15) is 5.56 Å². The Bertz CT molecular complexity index is 480. The molecule has 1 N–H and O–H groups in total. The van der Waals surface area contributed by atoms with Crippen molar-refractivity contribution < 1.29 is 9.47 Å². The molecule has 0 atom stereocenters. The van der Waals surface area contributed by atoms with Crippen LogP contribution >= 0.6 is 0 Å². The van der Waals surface area contributed by atoms with Crippen molar-refractivity contribution in [3.63, 3.8) is 0 Å². The van der Waals surface area contributed by atoms with Crippen LogP contribution in [0, 0.1) is 0 Å². The van der Waals surface area contributed by atoms with Crippen LogP contribution in [0.25, 0.3) is 0 Å². The van der Waals surface area contributed by atoms with Gasteiger partial charge >= 0.3 is 0 Å². The molecule has 1 radical (unpaired) electrons. The van der Waals surface area contributed by atoms with E-state index in [0.717, 1.165) is 22.8 Å². The molecule has 3 heteroatoms. The molecule has 2 rings (SSSR count). The molecule has 0 fully saturated rings. The van der Waals surface area contributed by atoms with Crippen molar-refractivity contribution in [1.82, 2.24) is 5.73 Å². The molecule has 0 bridgehead atoms. The van der Waals surface area contributed by atoms with Crippen molar-refractivity contribution >= 4 is 0 Å². The van der Waals surface area contributed by atoms with E-state index in [0.29, 0.717) is 0 Å². The minimum atomic E-state index is 0.264. The summed E-state index contributed by atoms with van der Waals surface area (Å²) < 4.78 is 10.8. The second-order valence-electron chi connectivity index (χ2n) is 3.60. The van der Waals surface area contributed by atoms with Gasteiger partial charge in [-0.05, 0) is 42.0 Å². The maximum Gasteiger partial charge on any atom is 0.127 e. The van der Waals surface area contributed by atoms with E-state index >= 15 is 0 Å². The highest BCUT2D eigenvalue weighted by molar-refractivity contribution is 5.36. The van der Waals surface area contributed by atoms with Gasteiger partial charge in [-0.3, -0.25) is 5.73 Å². The van der Waals surface area contributed by atoms with Gasteiger partial charge < -0.3 is 9.47 Å². The Morgan fingerprint density at radius 2 is 1.65 bits per heavy atom. The lowest BCUT2D eigenvalue weighted by Gasteiger charge is -2.07. The fraction of sp³-hybridized carbons (Fsp3) is 0.143. The Labute approximate surface area is 101 Å². The minimum absolute atomic E-state index is 0.264. The Hall–Kier alpha value is -2.00. The number of hydrogen-bond donors (Lipinski definition) is 0. The number of rotatable bonds is 4. The monoisotopic (exact) mass is 228 g/mol. The summed E-state index contributed by atoms with van der Waals surface area (Å²) in [6.07, 6.45) is 0. The standard InChI is InChI=1S/C14H14NO2/c1-16-12-5-7-13(8-6-12)17-14-4-2-3-11(9-14)10-15/h2-9,15H,10H2,1H3. The van der Waals surface area contributed by atoms with Crippen molar-refractivity contribution in [2.24, 2.45) is 0 Å². The number of ether oxygens (including phenoxy) is 2. The van der Waals surface area contributed by atoms with Gasteiger partial charge in [0.15, 0.2) is 0 Å². The summed E-state index contributed by atoms with van der Waals surface area (Å²) in [5.41, 5.74) is 8.24. The summed E-state index contributed by atoms with van der Waals surface area (Å²) in [5.74, 6) is 2.31. The van der Waals surface area contributed by atoms with E-state index in [1.165, 1.54) is 0 Å². The van der Waals surface area contributed by atoms with E-state index in [1.54, 1.807) is 7.11 Å². The van der Waals surface area contributed by atoms with Gasteiger partial charge in [-0.1, -0.05) is 12.1 Å². The molecule has 3 nitrogen and oxygen atoms in total. The van der Waals surface area contributed by atoms with Crippen molar-refractivity contribution in [3.8, 4) is 17.2 Å². The van der Waals surface area contributed by atoms with Gasteiger partial charge in [-0.2, -0.15) is 0 Å². The normalized spacial score (nSPS) is 10.0. The number of hydrogen-bond acceptors (Lipinski definition) is 2. The smallest absolute Gasteiger partial charge is 0.127 e. The molecule has 0 spiro atoms. The summed E-state index contributed by atoms with van der Waals surface area (Å²) in [7, 11) is 1.63. The molecular weight excluding hydrogens is 214 g/mol. The predicted octanol–water partition coefficient (Wildman–Crippen LogP) is 3.27. The molecule has 0 aliphatic rings. The number of methoxy groups -OCH3 is 1. The Morgan fingerprint density at radius 3 is 2.29 bits per heavy atom. The van der Waals surface area contributed by atoms with E-state index in [1.807, 2.05) is 48.5 Å². The lowest BCUT2D eigenvalue weighted by molar-refractivity contribution is 0.413. The summed E-state index contributed by atoms with van der Waals surface area (Å²) >= 11 is 0. The fourth-order valence-corrected chi connectivity index (χ4v) is 1.50. The van der Waals surface area contributed by atoms with Crippen molar-refractivity contribution in [1.29, 1.82) is 0 Å². The molecule has 0 heterocycles. The topological polar surface area (TPSA) is 42.3 Å². The van der Waals surface area contributed by atoms with Crippen LogP contribution in [-0.4, -0.2) is 7.11 Å². The molecule has 17 heavy (non-hydrogen) atoms. The van der Waals surface area contributed by atoms with E-state index in [9.17, 15) is 0 Å². The van der Waals surface area contributed by atoms with Crippen LogP contribution in [0.3, 0.4) is 0 Å². The van der Waals surface area contributed by atoms with E-state index < -0.39 is 0 Å². The Kier molecular flexibility index (Phi) is 3.62. The van der Waals surface area contributed by atoms with Crippen LogP contribution in [0.5, 0.6) is 17.2 Å². The number of nitrogens with one attached hydrogen (secondary N) is 1. The minimum Gasteiger partial charge on any atom is -0.497 e. The molecule has 87 valence electrons. The van der Waals surface area contributed by atoms with Gasteiger partial charge in [-0.25, -0.2) is 0 Å². The molecule has 0 unspecified atom stereocenters. The van der Waals surface area contributed by atoms with Crippen molar-refractivity contribution in [2.75, 3.05) is 7.11 Å². The van der Waals surface area contributed by atoms with Gasteiger partial charge in [0, 0.05) is 6.54 Å². The van der Waals surface area contributed by atoms with Gasteiger partial charge in [0.05, 0.1) is 7.11 Å². The third-order valence-electron chi connectivity index (χ3n) is 2.40. The van der Waals surface area contributed by atoms with E-state index in [4.69, 9.17) is 15.2 Å². The first-order valence-electron chi connectivity index (χ1n) is 5.37. The highest BCUT2D eigenvalue weighted by atomic mass is 16.5. The second-order valence-corrected chi connectivity index (χ2v) is 3.60. The average Bonchev–Trinajstić information content (AvgIpc) is 2.40. The second kappa shape index (κ2) is 5.37. The summed E-state index contributed by atoms with van der Waals surface area (Å²) in [6.45, 7) is 0.264. The quantitative estimate of drug-likeness (QED) is 0.805. The Balaban J connectivity index is 2.13. The summed E-state index contributed by atoms with van der Waals surface area (Å²) in [6, 6.07) is 15.0. The molecule has 0 aliphatic carbocycles. The fourth-order valence-electron chi connectivity index (χ4n) is 1.50. The average molecular weight is 228 g/mol. The molecule has 0 saturated carbocycles. The van der Waals surface area contributed by atoms with Gasteiger partial charge in [0.25, 0.3) is 0 Å². The van der Waals surface area contributed by atoms with Crippen molar-refractivity contribution in [2.45, 2.75) is 6.54 Å². The largest absolute Gasteiger partial charge is 0.497 e. The van der Waals surface area contributed by atoms with Crippen LogP contribution < -0.4 is 15.2 Å². The van der Waals surface area contributed by atoms with E-state index in [-0.39, 0.29) is 6.54 Å². The van der Waals surface area contributed by atoms with Gasteiger partial charge in [0.2, 0.25) is 0 Å². The molecule has 0 saturated heterocycles. The van der Waals surface area contributed by atoms with Gasteiger partial charge in [-0.15, -0.1) is 0 Å². The Morgan fingerprint density at radius 1 is 0.941 bits per heavy atom. The molecule has 0 aliphatic heterocycles. The van der Waals surface area contributed by atoms with Crippen LogP contribution in [-0.2, 0) is 6.54 Å². The zero-order valence-corrected chi connectivity index (χ0v) is 9.64. The molecule has 2 aromatic carbocycles. The maximum atomic E-state index is 7.30. The van der Waals surface area contributed by atoms with E-state index in [2.05, 4.69) is 0 Å². The predicted molar refractivity (Wildman–Crippen MR) is 66.3 cm³/mol. The first-order valence-corrected chi connectivity index (χ1v) is 5.37. The third kappa shape index (κ3) is 2.98. The third-order valence-corrected chi connectivity index (χ3v) is 2.40. The summed E-state index contributed by atoms with van der Waals surface area (Å²) in [4.78, 5) is 0. The van der Waals surface area contributed by atoms with Crippen molar-refractivity contribution in [3.05, 3.63) is 54.1 Å². The molecule has 0 aromatic heterocycles. The number of benzene rings is 2. The van der Waals surface area contributed by atoms with Crippen LogP contribution in [0.4, 0.5) is 0 Å². The van der Waals surface area contributed by atoms with Crippen LogP contribution in [0.15, 0.2) is 48.5 Å². The lowest BCUT2D eigenvalue weighted by Crippen LogP contribution is -1.88. The lowest BCUT2D eigenvalue weighted by atomic mass is 10.2. The SMILES string of the molecule is COc1ccc(Oc2cccc(C[NH])c2)cc1.